The summed E-state index contributed by atoms with van der Waals surface area (Å²) in [5.74, 6) is 0. The molecular weight excluding hydrogens is 278 g/mol. The Morgan fingerprint density at radius 1 is 1.00 bits per heavy atom. The number of aliphatic hydroxyl groups is 1. The van der Waals surface area contributed by atoms with Crippen molar-refractivity contribution >= 4 is 0 Å². The van der Waals surface area contributed by atoms with Gasteiger partial charge in [0.15, 0.2) is 6.29 Å². The summed E-state index contributed by atoms with van der Waals surface area (Å²) in [5.41, 5.74) is 3.61. The number of aromatic nitrogens is 1. The van der Waals surface area contributed by atoms with Crippen molar-refractivity contribution in [2.75, 3.05) is 13.2 Å². The van der Waals surface area contributed by atoms with Crippen LogP contribution in [0.1, 0.15) is 48.5 Å². The van der Waals surface area contributed by atoms with E-state index in [1.807, 2.05) is 51.1 Å². The van der Waals surface area contributed by atoms with Crippen LogP contribution in [0, 0.1) is 6.92 Å². The van der Waals surface area contributed by atoms with Crippen molar-refractivity contribution < 1.29 is 14.6 Å². The van der Waals surface area contributed by atoms with E-state index < -0.39 is 6.10 Å². The van der Waals surface area contributed by atoms with Crippen molar-refractivity contribution in [3.63, 3.8) is 0 Å². The van der Waals surface area contributed by atoms with E-state index >= 15 is 0 Å². The maximum absolute atomic E-state index is 10.5. The fraction of sp³-hybridized carbons (Fsp3) is 0.389. The van der Waals surface area contributed by atoms with Gasteiger partial charge in [0.1, 0.15) is 6.10 Å². The van der Waals surface area contributed by atoms with Gasteiger partial charge in [-0.3, -0.25) is 4.98 Å². The molecular formula is C18H23NO3. The summed E-state index contributed by atoms with van der Waals surface area (Å²) < 4.78 is 11.2. The molecule has 0 aliphatic carbocycles. The number of aryl methyl sites for hydroxylation is 1. The highest BCUT2D eigenvalue weighted by atomic mass is 16.7. The van der Waals surface area contributed by atoms with Gasteiger partial charge in [-0.15, -0.1) is 0 Å². The van der Waals surface area contributed by atoms with E-state index in [0.29, 0.717) is 13.2 Å². The van der Waals surface area contributed by atoms with E-state index in [9.17, 15) is 5.11 Å². The molecule has 1 unspecified atom stereocenters. The Bertz CT molecular complexity index is 577. The van der Waals surface area contributed by atoms with Gasteiger partial charge < -0.3 is 14.6 Å². The first-order valence-corrected chi connectivity index (χ1v) is 7.59. The molecule has 0 aliphatic heterocycles. The lowest BCUT2D eigenvalue weighted by molar-refractivity contribution is -0.140. The van der Waals surface area contributed by atoms with Crippen LogP contribution in [0.5, 0.6) is 0 Å². The van der Waals surface area contributed by atoms with Gasteiger partial charge in [0.25, 0.3) is 0 Å². The molecule has 1 atom stereocenters. The Hall–Kier alpha value is -1.75. The van der Waals surface area contributed by atoms with E-state index in [-0.39, 0.29) is 6.29 Å². The van der Waals surface area contributed by atoms with Crippen molar-refractivity contribution in [2.24, 2.45) is 0 Å². The van der Waals surface area contributed by atoms with Crippen LogP contribution in [0.25, 0.3) is 0 Å². The Labute approximate surface area is 131 Å². The van der Waals surface area contributed by atoms with Crippen LogP contribution in [0.4, 0.5) is 0 Å². The Kier molecular flexibility index (Phi) is 6.07. The molecule has 4 nitrogen and oxygen atoms in total. The summed E-state index contributed by atoms with van der Waals surface area (Å²) in [5, 5.41) is 10.5. The lowest BCUT2D eigenvalue weighted by atomic mass is 9.98. The van der Waals surface area contributed by atoms with Crippen LogP contribution >= 0.6 is 0 Å². The summed E-state index contributed by atoms with van der Waals surface area (Å²) in [6, 6.07) is 9.56. The molecule has 0 amide bonds. The predicted octanol–water partition coefficient (Wildman–Crippen LogP) is 3.54. The topological polar surface area (TPSA) is 51.6 Å². The summed E-state index contributed by atoms with van der Waals surface area (Å²) in [4.78, 5) is 4.09. The average Bonchev–Trinajstić information content (AvgIpc) is 2.55. The fourth-order valence-corrected chi connectivity index (χ4v) is 2.32. The monoisotopic (exact) mass is 301 g/mol. The lowest BCUT2D eigenvalue weighted by Gasteiger charge is -2.18. The number of pyridine rings is 1. The third-order valence-electron chi connectivity index (χ3n) is 3.53. The van der Waals surface area contributed by atoms with Gasteiger partial charge in [-0.1, -0.05) is 24.3 Å². The Morgan fingerprint density at radius 2 is 1.59 bits per heavy atom. The van der Waals surface area contributed by atoms with Crippen LogP contribution in [-0.2, 0) is 9.47 Å². The normalized spacial score (nSPS) is 12.6. The van der Waals surface area contributed by atoms with E-state index in [1.54, 1.807) is 12.4 Å². The van der Waals surface area contributed by atoms with Crippen molar-refractivity contribution in [3.05, 3.63) is 65.0 Å². The summed E-state index contributed by atoms with van der Waals surface area (Å²) in [7, 11) is 0. The predicted molar refractivity (Wildman–Crippen MR) is 85.5 cm³/mol. The number of aliphatic hydroxyl groups excluding tert-OH is 1. The second kappa shape index (κ2) is 8.03. The van der Waals surface area contributed by atoms with Gasteiger partial charge in [0, 0.05) is 36.7 Å². The minimum atomic E-state index is -0.680. The molecule has 1 N–H and O–H groups in total. The average molecular weight is 301 g/mol. The standard InChI is InChI=1S/C18H23NO3/c1-4-21-18(22-5-2)15-8-6-14(7-9-15)17(20)16-12-19-11-10-13(16)3/h6-12,17-18,20H,4-5H2,1-3H3. The number of hydrogen-bond donors (Lipinski definition) is 1. The molecule has 22 heavy (non-hydrogen) atoms. The fourth-order valence-electron chi connectivity index (χ4n) is 2.32. The lowest BCUT2D eigenvalue weighted by Crippen LogP contribution is -2.09. The van der Waals surface area contributed by atoms with E-state index in [0.717, 1.165) is 22.3 Å². The smallest absolute Gasteiger partial charge is 0.183 e. The van der Waals surface area contributed by atoms with Crippen LogP contribution in [0.3, 0.4) is 0 Å². The first-order valence-electron chi connectivity index (χ1n) is 7.59. The van der Waals surface area contributed by atoms with Crippen molar-refractivity contribution in [3.8, 4) is 0 Å². The van der Waals surface area contributed by atoms with Gasteiger partial charge in [-0.25, -0.2) is 0 Å². The maximum atomic E-state index is 10.5. The summed E-state index contributed by atoms with van der Waals surface area (Å²) >= 11 is 0. The maximum Gasteiger partial charge on any atom is 0.183 e. The SMILES string of the molecule is CCOC(OCC)c1ccc(C(O)c2cnccc2C)cc1. The van der Waals surface area contributed by atoms with Gasteiger partial charge in [0.05, 0.1) is 0 Å². The van der Waals surface area contributed by atoms with Gasteiger partial charge in [-0.05, 0) is 38.0 Å². The zero-order valence-electron chi connectivity index (χ0n) is 13.3. The summed E-state index contributed by atoms with van der Waals surface area (Å²) in [6.07, 6.45) is 2.39. The number of rotatable bonds is 7. The molecule has 2 rings (SSSR count). The van der Waals surface area contributed by atoms with E-state index in [4.69, 9.17) is 9.47 Å². The molecule has 1 aromatic heterocycles. The third-order valence-corrected chi connectivity index (χ3v) is 3.53. The quantitative estimate of drug-likeness (QED) is 0.795. The molecule has 0 saturated carbocycles. The minimum absolute atomic E-state index is 0.360. The molecule has 1 heterocycles. The third kappa shape index (κ3) is 3.91. The van der Waals surface area contributed by atoms with Gasteiger partial charge in [0.2, 0.25) is 0 Å². The highest BCUT2D eigenvalue weighted by Crippen LogP contribution is 2.26. The second-order valence-corrected chi connectivity index (χ2v) is 5.04. The number of nitrogens with zero attached hydrogens (tertiary/aromatic N) is 1. The minimum Gasteiger partial charge on any atom is -0.384 e. The van der Waals surface area contributed by atoms with Crippen molar-refractivity contribution in [2.45, 2.75) is 33.2 Å². The van der Waals surface area contributed by atoms with Gasteiger partial charge >= 0.3 is 0 Å². The van der Waals surface area contributed by atoms with Crippen LogP contribution < -0.4 is 0 Å². The van der Waals surface area contributed by atoms with Crippen LogP contribution in [-0.4, -0.2) is 23.3 Å². The number of ether oxygens (including phenoxy) is 2. The Morgan fingerprint density at radius 3 is 2.14 bits per heavy atom. The number of benzene rings is 1. The zero-order chi connectivity index (χ0) is 15.9. The first-order chi connectivity index (χ1) is 10.7. The molecule has 0 spiro atoms. The highest BCUT2D eigenvalue weighted by Gasteiger charge is 2.15. The largest absolute Gasteiger partial charge is 0.384 e. The van der Waals surface area contributed by atoms with Crippen molar-refractivity contribution in [1.29, 1.82) is 0 Å². The van der Waals surface area contributed by atoms with E-state index in [1.165, 1.54) is 0 Å². The molecule has 0 bridgehead atoms. The molecule has 0 radical (unpaired) electrons. The molecule has 0 aliphatic rings. The van der Waals surface area contributed by atoms with Crippen LogP contribution in [0.2, 0.25) is 0 Å². The molecule has 0 fully saturated rings. The van der Waals surface area contributed by atoms with Crippen LogP contribution in [0.15, 0.2) is 42.7 Å². The number of hydrogen-bond acceptors (Lipinski definition) is 4. The Balaban J connectivity index is 2.19. The summed E-state index contributed by atoms with van der Waals surface area (Å²) in [6.45, 7) is 7.02. The van der Waals surface area contributed by atoms with Gasteiger partial charge in [-0.2, -0.15) is 0 Å². The zero-order valence-corrected chi connectivity index (χ0v) is 13.3. The first kappa shape index (κ1) is 16.6. The second-order valence-electron chi connectivity index (χ2n) is 5.04. The van der Waals surface area contributed by atoms with Crippen molar-refractivity contribution in [1.82, 2.24) is 4.98 Å². The molecule has 0 saturated heterocycles. The highest BCUT2D eigenvalue weighted by molar-refractivity contribution is 5.34. The molecule has 1 aromatic carbocycles. The molecule has 4 heteroatoms. The molecule has 2 aromatic rings. The molecule has 118 valence electrons. The van der Waals surface area contributed by atoms with E-state index in [2.05, 4.69) is 4.98 Å².